The Labute approximate surface area is 130 Å². The molecule has 0 bridgehead atoms. The van der Waals surface area contributed by atoms with Crippen LogP contribution in [0.1, 0.15) is 32.6 Å². The molecule has 1 N–H and O–H groups in total. The van der Waals surface area contributed by atoms with Crippen molar-refractivity contribution in [1.29, 1.82) is 0 Å². The van der Waals surface area contributed by atoms with Crippen LogP contribution in [0.3, 0.4) is 0 Å². The number of carbonyl (C=O) groups is 2. The number of esters is 2. The van der Waals surface area contributed by atoms with Crippen molar-refractivity contribution in [3.05, 3.63) is 24.3 Å². The summed E-state index contributed by atoms with van der Waals surface area (Å²) in [5.74, 6) is -1.64. The summed E-state index contributed by atoms with van der Waals surface area (Å²) in [4.78, 5) is 22.7. The Morgan fingerprint density at radius 1 is 1.09 bits per heavy atom. The first-order chi connectivity index (χ1) is 10.3. The third-order valence-electron chi connectivity index (χ3n) is 2.45. The van der Waals surface area contributed by atoms with Crippen LogP contribution in [0.25, 0.3) is 0 Å². The van der Waals surface area contributed by atoms with Crippen LogP contribution in [0.2, 0.25) is 0 Å². The first kappa shape index (κ1) is 20.3. The minimum absolute atomic E-state index is 0.00214. The van der Waals surface area contributed by atoms with Crippen molar-refractivity contribution in [3.63, 3.8) is 0 Å². The Hall–Kier alpha value is -1.67. The molecule has 0 heterocycles. The molecule has 126 valence electrons. The monoisotopic (exact) mass is 334 g/mol. The van der Waals surface area contributed by atoms with E-state index in [0.29, 0.717) is 13.0 Å². The lowest BCUT2D eigenvalue weighted by molar-refractivity contribution is -0.138. The standard InChI is InChI=1S/C14H22O7S/c1-3-4-9-20-13(15)8-7-12(2)14(16)21-10-5-6-11-22(17,18)19/h7-8H,2-6,9-11H2,1H3,(H,17,18,19). The molecule has 0 amide bonds. The molecular formula is C14H22O7S. The Morgan fingerprint density at radius 3 is 2.32 bits per heavy atom. The summed E-state index contributed by atoms with van der Waals surface area (Å²) in [5.41, 5.74) is -0.0118. The van der Waals surface area contributed by atoms with Crippen molar-refractivity contribution < 1.29 is 32.0 Å². The summed E-state index contributed by atoms with van der Waals surface area (Å²) in [7, 11) is -3.99. The normalized spacial score (nSPS) is 11.4. The summed E-state index contributed by atoms with van der Waals surface area (Å²) >= 11 is 0. The van der Waals surface area contributed by atoms with Gasteiger partial charge < -0.3 is 9.47 Å². The van der Waals surface area contributed by atoms with Crippen molar-refractivity contribution in [2.75, 3.05) is 19.0 Å². The Kier molecular flexibility index (Phi) is 10.1. The number of hydrogen-bond acceptors (Lipinski definition) is 6. The van der Waals surface area contributed by atoms with E-state index < -0.39 is 22.1 Å². The molecule has 0 aromatic heterocycles. The van der Waals surface area contributed by atoms with Crippen LogP contribution in [0.5, 0.6) is 0 Å². The molecule has 0 aliphatic carbocycles. The highest BCUT2D eigenvalue weighted by molar-refractivity contribution is 7.85. The maximum Gasteiger partial charge on any atom is 0.337 e. The van der Waals surface area contributed by atoms with E-state index in [1.54, 1.807) is 0 Å². The van der Waals surface area contributed by atoms with Gasteiger partial charge in [0.25, 0.3) is 10.1 Å². The molecule has 8 heteroatoms. The second-order valence-corrected chi connectivity index (χ2v) is 6.08. The molecule has 0 atom stereocenters. The van der Waals surface area contributed by atoms with Crippen molar-refractivity contribution in [2.45, 2.75) is 32.6 Å². The zero-order valence-electron chi connectivity index (χ0n) is 12.6. The van der Waals surface area contributed by atoms with Gasteiger partial charge in [0.1, 0.15) is 0 Å². The average molecular weight is 334 g/mol. The molecule has 22 heavy (non-hydrogen) atoms. The van der Waals surface area contributed by atoms with Gasteiger partial charge in [0, 0.05) is 6.08 Å². The number of unbranched alkanes of at least 4 members (excludes halogenated alkanes) is 2. The van der Waals surface area contributed by atoms with Crippen LogP contribution in [-0.4, -0.2) is 43.9 Å². The Bertz CT molecular complexity index is 505. The maximum absolute atomic E-state index is 11.5. The van der Waals surface area contributed by atoms with E-state index in [2.05, 4.69) is 6.58 Å². The number of carbonyl (C=O) groups excluding carboxylic acids is 2. The van der Waals surface area contributed by atoms with Crippen molar-refractivity contribution in [1.82, 2.24) is 0 Å². The van der Waals surface area contributed by atoms with Crippen LogP contribution in [0.15, 0.2) is 24.3 Å². The molecule has 0 unspecified atom stereocenters. The Morgan fingerprint density at radius 2 is 1.73 bits per heavy atom. The van der Waals surface area contributed by atoms with Crippen LogP contribution in [0, 0.1) is 0 Å². The van der Waals surface area contributed by atoms with Crippen LogP contribution >= 0.6 is 0 Å². The molecule has 0 aromatic carbocycles. The van der Waals surface area contributed by atoms with E-state index in [4.69, 9.17) is 14.0 Å². The maximum atomic E-state index is 11.5. The van der Waals surface area contributed by atoms with Crippen LogP contribution < -0.4 is 0 Å². The quantitative estimate of drug-likeness (QED) is 0.201. The minimum atomic E-state index is -3.99. The van der Waals surface area contributed by atoms with Crippen LogP contribution in [-0.2, 0) is 29.2 Å². The fraction of sp³-hybridized carbons (Fsp3) is 0.571. The summed E-state index contributed by atoms with van der Waals surface area (Å²) < 4.78 is 39.1. The third-order valence-corrected chi connectivity index (χ3v) is 3.26. The largest absolute Gasteiger partial charge is 0.463 e. The highest BCUT2D eigenvalue weighted by Crippen LogP contribution is 2.01. The van der Waals surface area contributed by atoms with Gasteiger partial charge in [0.2, 0.25) is 0 Å². The van der Waals surface area contributed by atoms with Gasteiger partial charge in [-0.15, -0.1) is 0 Å². The average Bonchev–Trinajstić information content (AvgIpc) is 2.43. The molecule has 0 saturated carbocycles. The molecule has 0 spiro atoms. The van der Waals surface area contributed by atoms with E-state index in [0.717, 1.165) is 18.9 Å². The molecule has 0 rings (SSSR count). The summed E-state index contributed by atoms with van der Waals surface area (Å²) in [5, 5.41) is 0. The summed E-state index contributed by atoms with van der Waals surface area (Å²) in [6, 6.07) is 0. The predicted octanol–water partition coefficient (Wildman–Crippen LogP) is 1.65. The van der Waals surface area contributed by atoms with Gasteiger partial charge >= 0.3 is 11.9 Å². The van der Waals surface area contributed by atoms with E-state index in [-0.39, 0.29) is 24.4 Å². The van der Waals surface area contributed by atoms with Gasteiger partial charge in [-0.2, -0.15) is 8.42 Å². The SMILES string of the molecule is C=C(C=CC(=O)OCCCC)C(=O)OCCCCS(=O)(=O)O. The van der Waals surface area contributed by atoms with Gasteiger partial charge in [-0.25, -0.2) is 9.59 Å². The van der Waals surface area contributed by atoms with Gasteiger partial charge in [-0.3, -0.25) is 4.55 Å². The topological polar surface area (TPSA) is 107 Å². The smallest absolute Gasteiger partial charge is 0.337 e. The molecule has 0 aliphatic rings. The van der Waals surface area contributed by atoms with Gasteiger partial charge in [-0.1, -0.05) is 19.9 Å². The van der Waals surface area contributed by atoms with E-state index in [1.807, 2.05) is 6.92 Å². The molecule has 7 nitrogen and oxygen atoms in total. The molecule has 0 fully saturated rings. The fourth-order valence-electron chi connectivity index (χ4n) is 1.25. The molecule has 0 aromatic rings. The zero-order chi connectivity index (χ0) is 17.0. The lowest BCUT2D eigenvalue weighted by atomic mass is 10.3. The van der Waals surface area contributed by atoms with Crippen molar-refractivity contribution in [2.24, 2.45) is 0 Å². The first-order valence-corrected chi connectivity index (χ1v) is 8.53. The lowest BCUT2D eigenvalue weighted by Crippen LogP contribution is -2.10. The fourth-order valence-corrected chi connectivity index (χ4v) is 1.81. The first-order valence-electron chi connectivity index (χ1n) is 6.92. The van der Waals surface area contributed by atoms with E-state index in [9.17, 15) is 18.0 Å². The highest BCUT2D eigenvalue weighted by atomic mass is 32.2. The highest BCUT2D eigenvalue weighted by Gasteiger charge is 2.08. The summed E-state index contributed by atoms with van der Waals surface area (Å²) in [6.45, 7) is 5.75. The number of hydrogen-bond donors (Lipinski definition) is 1. The number of rotatable bonds is 11. The van der Waals surface area contributed by atoms with Gasteiger partial charge in [-0.05, 0) is 25.3 Å². The lowest BCUT2D eigenvalue weighted by Gasteiger charge is -2.04. The van der Waals surface area contributed by atoms with E-state index in [1.165, 1.54) is 6.08 Å². The van der Waals surface area contributed by atoms with Crippen molar-refractivity contribution >= 4 is 22.1 Å². The number of ether oxygens (including phenoxy) is 2. The Balaban J connectivity index is 3.92. The van der Waals surface area contributed by atoms with Crippen molar-refractivity contribution in [3.8, 4) is 0 Å². The van der Waals surface area contributed by atoms with Gasteiger partial charge in [0.05, 0.1) is 24.5 Å². The van der Waals surface area contributed by atoms with Crippen LogP contribution in [0.4, 0.5) is 0 Å². The van der Waals surface area contributed by atoms with Gasteiger partial charge in [0.15, 0.2) is 0 Å². The second kappa shape index (κ2) is 11.0. The van der Waals surface area contributed by atoms with E-state index >= 15 is 0 Å². The molecule has 0 aliphatic heterocycles. The third kappa shape index (κ3) is 12.1. The summed E-state index contributed by atoms with van der Waals surface area (Å²) in [6.07, 6.45) is 4.45. The zero-order valence-corrected chi connectivity index (χ0v) is 13.4. The molecule has 0 radical (unpaired) electrons. The molecule has 0 saturated heterocycles. The minimum Gasteiger partial charge on any atom is -0.463 e. The molecular weight excluding hydrogens is 312 g/mol. The predicted molar refractivity (Wildman–Crippen MR) is 80.8 cm³/mol. The second-order valence-electron chi connectivity index (χ2n) is 4.51.